The van der Waals surface area contributed by atoms with E-state index < -0.39 is 0 Å². The first-order chi connectivity index (χ1) is 14.1. The lowest BCUT2D eigenvalue weighted by Crippen LogP contribution is -2.27. The van der Waals surface area contributed by atoms with Crippen LogP contribution >= 0.6 is 0 Å². The number of aryl methyl sites for hydroxylation is 3. The second kappa shape index (κ2) is 8.86. The predicted octanol–water partition coefficient (Wildman–Crippen LogP) is 2.76. The van der Waals surface area contributed by atoms with Gasteiger partial charge in [-0.1, -0.05) is 12.1 Å². The van der Waals surface area contributed by atoms with E-state index in [-0.39, 0.29) is 24.5 Å². The second-order valence-electron chi connectivity index (χ2n) is 8.10. The van der Waals surface area contributed by atoms with Crippen LogP contribution in [0.2, 0.25) is 0 Å². The number of piperidine rings is 1. The van der Waals surface area contributed by atoms with Crippen molar-refractivity contribution in [1.82, 2.24) is 20.1 Å². The number of ketones is 1. The number of benzene rings is 1. The molecule has 0 atom stereocenters. The third-order valence-electron chi connectivity index (χ3n) is 5.98. The van der Waals surface area contributed by atoms with Gasteiger partial charge in [-0.25, -0.2) is 4.68 Å². The Kier molecular flexibility index (Phi) is 6.04. The minimum Gasteiger partial charge on any atom is -0.317 e. The molecule has 1 aromatic carbocycles. The second-order valence-corrected chi connectivity index (χ2v) is 8.10. The fraction of sp³-hybridized carbons (Fsp3) is 0.545. The van der Waals surface area contributed by atoms with Crippen LogP contribution < -0.4 is 10.6 Å². The van der Waals surface area contributed by atoms with E-state index in [1.807, 2.05) is 12.1 Å². The van der Waals surface area contributed by atoms with Crippen LogP contribution in [0.1, 0.15) is 71.8 Å². The molecule has 154 valence electrons. The number of Topliss-reactive ketones (excluding diaryl/α,β-unsaturated/α-hetero) is 1. The van der Waals surface area contributed by atoms with Crippen LogP contribution in [0.5, 0.6) is 0 Å². The number of nitrogens with one attached hydrogen (secondary N) is 2. The first-order valence-electron chi connectivity index (χ1n) is 10.7. The average molecular weight is 396 g/mol. The maximum atomic E-state index is 12.5. The average Bonchev–Trinajstić information content (AvgIpc) is 3.12. The largest absolute Gasteiger partial charge is 0.317 e. The molecular weight excluding hydrogens is 366 g/mol. The van der Waals surface area contributed by atoms with Gasteiger partial charge in [-0.15, -0.1) is 0 Å². The molecule has 7 nitrogen and oxygen atoms in total. The molecule has 2 aromatic rings. The summed E-state index contributed by atoms with van der Waals surface area (Å²) < 4.78 is 1.61. The van der Waals surface area contributed by atoms with E-state index in [2.05, 4.69) is 26.8 Å². The summed E-state index contributed by atoms with van der Waals surface area (Å²) in [6, 6.07) is 5.99. The molecule has 0 saturated carbocycles. The van der Waals surface area contributed by atoms with Gasteiger partial charge in [0.2, 0.25) is 11.9 Å². The third kappa shape index (κ3) is 4.72. The molecular formula is C22H29N5O2. The Balaban J connectivity index is 1.32. The molecule has 29 heavy (non-hydrogen) atoms. The highest BCUT2D eigenvalue weighted by Gasteiger charge is 2.21. The Labute approximate surface area is 171 Å². The van der Waals surface area contributed by atoms with Crippen molar-refractivity contribution >= 4 is 17.6 Å². The molecule has 0 spiro atoms. The number of hydrogen-bond acceptors (Lipinski definition) is 5. The number of fused-ring (bicyclic) bond motifs is 1. The molecule has 1 aromatic heterocycles. The first-order valence-corrected chi connectivity index (χ1v) is 10.7. The zero-order valence-electron chi connectivity index (χ0n) is 17.0. The highest BCUT2D eigenvalue weighted by Crippen LogP contribution is 2.24. The summed E-state index contributed by atoms with van der Waals surface area (Å²) in [5.74, 6) is 1.38. The number of hydrogen-bond donors (Lipinski definition) is 2. The minimum atomic E-state index is -0.205. The maximum Gasteiger partial charge on any atom is 0.227 e. The van der Waals surface area contributed by atoms with Gasteiger partial charge < -0.3 is 5.32 Å². The van der Waals surface area contributed by atoms with Crippen LogP contribution in [-0.4, -0.2) is 39.5 Å². The number of carbonyl (C=O) groups is 2. The smallest absolute Gasteiger partial charge is 0.227 e. The van der Waals surface area contributed by atoms with E-state index in [9.17, 15) is 9.59 Å². The lowest BCUT2D eigenvalue weighted by Gasteiger charge is -2.19. The SMILES string of the molecule is Cn1nc(C2CCNCC2)nc1NC(=O)CCC(=O)c1ccc2c(c1)CCCC2. The van der Waals surface area contributed by atoms with Crippen molar-refractivity contribution in [3.05, 3.63) is 40.7 Å². The molecule has 2 heterocycles. The molecule has 1 amide bonds. The van der Waals surface area contributed by atoms with Gasteiger partial charge in [-0.2, -0.15) is 10.1 Å². The van der Waals surface area contributed by atoms with Gasteiger partial charge in [0.15, 0.2) is 11.6 Å². The standard InChI is InChI=1S/C22H29N5O2/c1-27-22(25-21(26-27)16-10-12-23-13-11-16)24-20(29)9-8-19(28)18-7-6-15-4-2-3-5-17(15)14-18/h6-7,14,16,23H,2-5,8-13H2,1H3,(H,24,25,26,29). The summed E-state index contributed by atoms with van der Waals surface area (Å²) in [4.78, 5) is 29.4. The van der Waals surface area contributed by atoms with Crippen molar-refractivity contribution < 1.29 is 9.59 Å². The lowest BCUT2D eigenvalue weighted by atomic mass is 9.89. The van der Waals surface area contributed by atoms with Gasteiger partial charge >= 0.3 is 0 Å². The van der Waals surface area contributed by atoms with E-state index in [0.29, 0.717) is 17.4 Å². The molecule has 0 unspecified atom stereocenters. The summed E-state index contributed by atoms with van der Waals surface area (Å²) in [7, 11) is 1.78. The molecule has 1 saturated heterocycles. The highest BCUT2D eigenvalue weighted by atomic mass is 16.2. The normalized spacial score (nSPS) is 17.0. The fourth-order valence-electron chi connectivity index (χ4n) is 4.23. The van der Waals surface area contributed by atoms with Gasteiger partial charge in [0.25, 0.3) is 0 Å². The quantitative estimate of drug-likeness (QED) is 0.734. The molecule has 2 N–H and O–H groups in total. The van der Waals surface area contributed by atoms with Gasteiger partial charge in [0.05, 0.1) is 0 Å². The van der Waals surface area contributed by atoms with Crippen molar-refractivity contribution in [1.29, 1.82) is 0 Å². The monoisotopic (exact) mass is 395 g/mol. The number of amides is 1. The van der Waals surface area contributed by atoms with Crippen LogP contribution in [0.25, 0.3) is 0 Å². The van der Waals surface area contributed by atoms with Gasteiger partial charge in [0, 0.05) is 31.4 Å². The molecule has 1 fully saturated rings. The molecule has 1 aliphatic carbocycles. The summed E-state index contributed by atoms with van der Waals surface area (Å²) in [5, 5.41) is 10.6. The summed E-state index contributed by atoms with van der Waals surface area (Å²) in [6.07, 6.45) is 6.91. The van der Waals surface area contributed by atoms with E-state index in [1.165, 1.54) is 24.0 Å². The molecule has 0 bridgehead atoms. The first kappa shape index (κ1) is 19.8. The Morgan fingerprint density at radius 2 is 1.90 bits per heavy atom. The fourth-order valence-corrected chi connectivity index (χ4v) is 4.23. The number of anilines is 1. The van der Waals surface area contributed by atoms with Gasteiger partial charge in [-0.3, -0.25) is 14.9 Å². The number of rotatable bonds is 6. The Morgan fingerprint density at radius 3 is 2.69 bits per heavy atom. The zero-order valence-corrected chi connectivity index (χ0v) is 17.0. The number of aromatic nitrogens is 3. The minimum absolute atomic E-state index is 0.0156. The Morgan fingerprint density at radius 1 is 1.14 bits per heavy atom. The molecule has 1 aliphatic heterocycles. The van der Waals surface area contributed by atoms with Crippen molar-refractivity contribution in [3.63, 3.8) is 0 Å². The van der Waals surface area contributed by atoms with E-state index >= 15 is 0 Å². The van der Waals surface area contributed by atoms with Crippen molar-refractivity contribution in [3.8, 4) is 0 Å². The van der Waals surface area contributed by atoms with E-state index in [1.54, 1.807) is 11.7 Å². The number of carbonyl (C=O) groups excluding carboxylic acids is 2. The van der Waals surface area contributed by atoms with Gasteiger partial charge in [-0.05, 0) is 68.8 Å². The molecule has 7 heteroatoms. The van der Waals surface area contributed by atoms with Crippen LogP contribution in [0.4, 0.5) is 5.95 Å². The van der Waals surface area contributed by atoms with E-state index in [0.717, 1.165) is 44.6 Å². The molecule has 2 aliphatic rings. The highest BCUT2D eigenvalue weighted by molar-refractivity contribution is 5.99. The van der Waals surface area contributed by atoms with Crippen LogP contribution in [0, 0.1) is 0 Å². The third-order valence-corrected chi connectivity index (χ3v) is 5.98. The lowest BCUT2D eigenvalue weighted by molar-refractivity contribution is -0.116. The topological polar surface area (TPSA) is 88.9 Å². The Bertz CT molecular complexity index is 899. The predicted molar refractivity (Wildman–Crippen MR) is 111 cm³/mol. The molecule has 0 radical (unpaired) electrons. The maximum absolute atomic E-state index is 12.5. The Hall–Kier alpha value is -2.54. The summed E-state index contributed by atoms with van der Waals surface area (Å²) in [5.41, 5.74) is 3.36. The van der Waals surface area contributed by atoms with Crippen molar-refractivity contribution in [2.75, 3.05) is 18.4 Å². The van der Waals surface area contributed by atoms with Crippen molar-refractivity contribution in [2.45, 2.75) is 57.3 Å². The summed E-state index contributed by atoms with van der Waals surface area (Å²) in [6.45, 7) is 1.94. The van der Waals surface area contributed by atoms with E-state index in [4.69, 9.17) is 0 Å². The van der Waals surface area contributed by atoms with Crippen LogP contribution in [-0.2, 0) is 24.7 Å². The van der Waals surface area contributed by atoms with Gasteiger partial charge in [0.1, 0.15) is 0 Å². The molecule has 4 rings (SSSR count). The zero-order chi connectivity index (χ0) is 20.2. The van der Waals surface area contributed by atoms with Crippen LogP contribution in [0.15, 0.2) is 18.2 Å². The van der Waals surface area contributed by atoms with Crippen LogP contribution in [0.3, 0.4) is 0 Å². The summed E-state index contributed by atoms with van der Waals surface area (Å²) >= 11 is 0. The van der Waals surface area contributed by atoms with Crippen molar-refractivity contribution in [2.24, 2.45) is 7.05 Å². The number of nitrogens with zero attached hydrogens (tertiary/aromatic N) is 3.